The summed E-state index contributed by atoms with van der Waals surface area (Å²) in [6.07, 6.45) is 2.06. The Morgan fingerprint density at radius 2 is 1.53 bits per heavy atom. The van der Waals surface area contributed by atoms with Crippen molar-refractivity contribution >= 4 is 0 Å². The maximum absolute atomic E-state index is 6.04. The topological polar surface area (TPSA) is 26.0 Å². The maximum Gasteiger partial charge on any atom is 0.00769 e. The summed E-state index contributed by atoms with van der Waals surface area (Å²) in [5.74, 6) is 0. The van der Waals surface area contributed by atoms with Crippen LogP contribution in [0, 0.1) is 27.7 Å². The van der Waals surface area contributed by atoms with Gasteiger partial charge < -0.3 is 5.73 Å². The average Bonchev–Trinajstić information content (AvgIpc) is 2.21. The Balaban J connectivity index is 3.15. The summed E-state index contributed by atoms with van der Waals surface area (Å²) in [5, 5.41) is 0. The monoisotopic (exact) mass is 205 g/mol. The molecular weight excluding hydrogens is 182 g/mol. The molecular formula is C14H23N. The largest absolute Gasteiger partial charge is 0.327 e. The van der Waals surface area contributed by atoms with Crippen molar-refractivity contribution in [3.63, 3.8) is 0 Å². The number of hydrogen-bond acceptors (Lipinski definition) is 1. The molecule has 1 nitrogen and oxygen atoms in total. The molecule has 0 fully saturated rings. The van der Waals surface area contributed by atoms with Crippen LogP contribution in [0.2, 0.25) is 0 Å². The third-order valence-electron chi connectivity index (χ3n) is 3.51. The molecule has 0 aliphatic rings. The zero-order valence-corrected chi connectivity index (χ0v) is 10.6. The van der Waals surface area contributed by atoms with Crippen LogP contribution >= 0.6 is 0 Å². The van der Waals surface area contributed by atoms with Gasteiger partial charge in [-0.05, 0) is 68.4 Å². The van der Waals surface area contributed by atoms with Gasteiger partial charge in [-0.2, -0.15) is 0 Å². The van der Waals surface area contributed by atoms with Gasteiger partial charge in [0.15, 0.2) is 0 Å². The third-order valence-corrected chi connectivity index (χ3v) is 3.51. The van der Waals surface area contributed by atoms with Crippen LogP contribution in [-0.4, -0.2) is 6.04 Å². The van der Waals surface area contributed by atoms with Crippen molar-refractivity contribution in [1.82, 2.24) is 0 Å². The molecule has 0 aliphatic carbocycles. The smallest absolute Gasteiger partial charge is 0.00769 e. The first-order valence-corrected chi connectivity index (χ1v) is 5.79. The van der Waals surface area contributed by atoms with E-state index >= 15 is 0 Å². The summed E-state index contributed by atoms with van der Waals surface area (Å²) in [6.45, 7) is 10.9. The van der Waals surface area contributed by atoms with Crippen LogP contribution in [-0.2, 0) is 6.42 Å². The molecule has 0 saturated carbocycles. The summed E-state index contributed by atoms with van der Waals surface area (Å²) < 4.78 is 0. The summed E-state index contributed by atoms with van der Waals surface area (Å²) in [5.41, 5.74) is 13.1. The molecule has 0 amide bonds. The quantitative estimate of drug-likeness (QED) is 0.805. The number of rotatable bonds is 3. The zero-order valence-electron chi connectivity index (χ0n) is 10.6. The van der Waals surface area contributed by atoms with Crippen molar-refractivity contribution in [2.45, 2.75) is 53.5 Å². The maximum atomic E-state index is 6.04. The van der Waals surface area contributed by atoms with E-state index in [0.717, 1.165) is 12.8 Å². The Morgan fingerprint density at radius 3 is 1.93 bits per heavy atom. The van der Waals surface area contributed by atoms with E-state index in [0.29, 0.717) is 6.04 Å². The molecule has 0 bridgehead atoms. The van der Waals surface area contributed by atoms with Gasteiger partial charge in [0, 0.05) is 6.04 Å². The number of benzene rings is 1. The average molecular weight is 205 g/mol. The van der Waals surface area contributed by atoms with Crippen molar-refractivity contribution in [2.24, 2.45) is 5.73 Å². The van der Waals surface area contributed by atoms with Gasteiger partial charge in [-0.15, -0.1) is 0 Å². The van der Waals surface area contributed by atoms with Crippen LogP contribution in [0.5, 0.6) is 0 Å². The van der Waals surface area contributed by atoms with Crippen molar-refractivity contribution in [1.29, 1.82) is 0 Å². The van der Waals surface area contributed by atoms with E-state index in [1.54, 1.807) is 0 Å². The van der Waals surface area contributed by atoms with E-state index in [-0.39, 0.29) is 0 Å². The minimum Gasteiger partial charge on any atom is -0.327 e. The van der Waals surface area contributed by atoms with E-state index in [4.69, 9.17) is 5.73 Å². The second-order valence-corrected chi connectivity index (χ2v) is 4.61. The second-order valence-electron chi connectivity index (χ2n) is 4.61. The van der Waals surface area contributed by atoms with E-state index < -0.39 is 0 Å². The van der Waals surface area contributed by atoms with Gasteiger partial charge in [-0.1, -0.05) is 13.0 Å². The molecule has 0 heterocycles. The molecule has 1 rings (SSSR count). The lowest BCUT2D eigenvalue weighted by Gasteiger charge is -2.18. The zero-order chi connectivity index (χ0) is 11.6. The molecule has 1 atom stereocenters. The van der Waals surface area contributed by atoms with E-state index in [1.165, 1.54) is 27.8 Å². The highest BCUT2D eigenvalue weighted by atomic mass is 14.6. The summed E-state index contributed by atoms with van der Waals surface area (Å²) in [7, 11) is 0. The van der Waals surface area contributed by atoms with Gasteiger partial charge in [-0.25, -0.2) is 0 Å². The predicted octanol–water partition coefficient (Wildman–Crippen LogP) is 3.20. The highest BCUT2D eigenvalue weighted by Crippen LogP contribution is 2.22. The first-order valence-electron chi connectivity index (χ1n) is 5.79. The van der Waals surface area contributed by atoms with Gasteiger partial charge in [0.05, 0.1) is 0 Å². The fourth-order valence-electron chi connectivity index (χ4n) is 2.01. The molecule has 0 spiro atoms. The summed E-state index contributed by atoms with van der Waals surface area (Å²) in [4.78, 5) is 0. The van der Waals surface area contributed by atoms with Gasteiger partial charge in [0.1, 0.15) is 0 Å². The SMILES string of the molecule is CCC(N)Cc1c(C)c(C)cc(C)c1C. The second kappa shape index (κ2) is 4.80. The highest BCUT2D eigenvalue weighted by molar-refractivity contribution is 5.44. The van der Waals surface area contributed by atoms with Gasteiger partial charge in [-0.3, -0.25) is 0 Å². The molecule has 15 heavy (non-hydrogen) atoms. The van der Waals surface area contributed by atoms with Crippen molar-refractivity contribution < 1.29 is 0 Å². The van der Waals surface area contributed by atoms with Gasteiger partial charge in [0.2, 0.25) is 0 Å². The predicted molar refractivity (Wildman–Crippen MR) is 67.4 cm³/mol. The Morgan fingerprint density at radius 1 is 1.07 bits per heavy atom. The Kier molecular flexibility index (Phi) is 3.92. The van der Waals surface area contributed by atoms with Gasteiger partial charge in [0.25, 0.3) is 0 Å². The molecule has 0 saturated heterocycles. The summed E-state index contributed by atoms with van der Waals surface area (Å²) >= 11 is 0. The number of aryl methyl sites for hydroxylation is 2. The van der Waals surface area contributed by atoms with Crippen molar-refractivity contribution in [3.05, 3.63) is 33.9 Å². The molecule has 1 aromatic rings. The van der Waals surface area contributed by atoms with Crippen LogP contribution in [0.4, 0.5) is 0 Å². The molecule has 1 aromatic carbocycles. The Bertz CT molecular complexity index is 327. The molecule has 0 radical (unpaired) electrons. The molecule has 0 aliphatic heterocycles. The standard InChI is InChI=1S/C14H23N/c1-6-13(15)8-14-11(4)9(2)7-10(3)12(14)5/h7,13H,6,8,15H2,1-5H3. The fraction of sp³-hybridized carbons (Fsp3) is 0.571. The van der Waals surface area contributed by atoms with E-state index in [2.05, 4.69) is 40.7 Å². The van der Waals surface area contributed by atoms with Crippen molar-refractivity contribution in [3.8, 4) is 0 Å². The lowest BCUT2D eigenvalue weighted by molar-refractivity contribution is 0.642. The Labute approximate surface area is 93.7 Å². The van der Waals surface area contributed by atoms with E-state index in [1.807, 2.05) is 0 Å². The summed E-state index contributed by atoms with van der Waals surface area (Å²) in [6, 6.07) is 2.56. The molecule has 1 heteroatoms. The minimum absolute atomic E-state index is 0.295. The van der Waals surface area contributed by atoms with E-state index in [9.17, 15) is 0 Å². The molecule has 1 unspecified atom stereocenters. The first-order chi connectivity index (χ1) is 6.97. The lowest BCUT2D eigenvalue weighted by Crippen LogP contribution is -2.22. The minimum atomic E-state index is 0.295. The fourth-order valence-corrected chi connectivity index (χ4v) is 2.01. The Hall–Kier alpha value is -0.820. The van der Waals surface area contributed by atoms with Crippen LogP contribution in [0.15, 0.2) is 6.07 Å². The molecule has 0 aromatic heterocycles. The highest BCUT2D eigenvalue weighted by Gasteiger charge is 2.10. The van der Waals surface area contributed by atoms with Crippen LogP contribution in [0.1, 0.15) is 41.2 Å². The van der Waals surface area contributed by atoms with Crippen LogP contribution in [0.25, 0.3) is 0 Å². The first kappa shape index (κ1) is 12.3. The van der Waals surface area contributed by atoms with Crippen LogP contribution < -0.4 is 5.73 Å². The molecule has 84 valence electrons. The number of hydrogen-bond donors (Lipinski definition) is 1. The van der Waals surface area contributed by atoms with Gasteiger partial charge >= 0.3 is 0 Å². The lowest BCUT2D eigenvalue weighted by atomic mass is 9.90. The third kappa shape index (κ3) is 2.60. The van der Waals surface area contributed by atoms with Crippen molar-refractivity contribution in [2.75, 3.05) is 0 Å². The van der Waals surface area contributed by atoms with Crippen LogP contribution in [0.3, 0.4) is 0 Å². The molecule has 2 N–H and O–H groups in total. The normalized spacial score (nSPS) is 12.9. The number of nitrogens with two attached hydrogens (primary N) is 1.